The Morgan fingerprint density at radius 1 is 1.04 bits per heavy atom. The molecule has 1 N–H and O–H groups in total. The Bertz CT molecular complexity index is 1100. The highest BCUT2D eigenvalue weighted by molar-refractivity contribution is 7.21. The Morgan fingerprint density at radius 2 is 1.82 bits per heavy atom. The van der Waals surface area contributed by atoms with Crippen LogP contribution in [-0.4, -0.2) is 30.1 Å². The number of benzene rings is 2. The number of carbonyl (C=O) groups is 1. The number of fused-ring (bicyclic) bond motifs is 1. The number of rotatable bonds is 5. The quantitative estimate of drug-likeness (QED) is 0.537. The molecule has 2 aromatic heterocycles. The predicted molar refractivity (Wildman–Crippen MR) is 110 cm³/mol. The number of hydrogen-bond donors (Lipinski definition) is 1. The SMILES string of the molecule is COc1cc(OC)cc(C(=O)Nc2cccc(-c3nc4cnccc4s3)c2)c1. The van der Waals surface area contributed by atoms with E-state index >= 15 is 0 Å². The molecule has 0 saturated heterocycles. The summed E-state index contributed by atoms with van der Waals surface area (Å²) in [6.45, 7) is 0. The highest BCUT2D eigenvalue weighted by atomic mass is 32.1. The molecule has 28 heavy (non-hydrogen) atoms. The number of anilines is 1. The molecule has 0 aliphatic rings. The van der Waals surface area contributed by atoms with E-state index in [1.165, 1.54) is 0 Å². The zero-order valence-corrected chi connectivity index (χ0v) is 16.1. The third kappa shape index (κ3) is 3.65. The number of nitrogens with zero attached hydrogens (tertiary/aromatic N) is 2. The van der Waals surface area contributed by atoms with Gasteiger partial charge in [0.05, 0.1) is 25.1 Å². The maximum Gasteiger partial charge on any atom is 0.255 e. The zero-order valence-electron chi connectivity index (χ0n) is 15.3. The van der Waals surface area contributed by atoms with Gasteiger partial charge in [0.2, 0.25) is 0 Å². The summed E-state index contributed by atoms with van der Waals surface area (Å²) in [4.78, 5) is 21.4. The Labute approximate surface area is 165 Å². The van der Waals surface area contributed by atoms with Gasteiger partial charge in [-0.1, -0.05) is 12.1 Å². The highest BCUT2D eigenvalue weighted by Crippen LogP contribution is 2.31. The second-order valence-electron chi connectivity index (χ2n) is 6.00. The van der Waals surface area contributed by atoms with Crippen LogP contribution in [0.4, 0.5) is 5.69 Å². The summed E-state index contributed by atoms with van der Waals surface area (Å²) < 4.78 is 11.5. The normalized spacial score (nSPS) is 10.6. The molecule has 0 bridgehead atoms. The summed E-state index contributed by atoms with van der Waals surface area (Å²) in [5, 5.41) is 3.80. The predicted octanol–water partition coefficient (Wildman–Crippen LogP) is 4.63. The number of pyridine rings is 1. The Kier molecular flexibility index (Phi) is 4.90. The molecule has 4 rings (SSSR count). The molecule has 2 heterocycles. The van der Waals surface area contributed by atoms with Gasteiger partial charge >= 0.3 is 0 Å². The van der Waals surface area contributed by atoms with Gasteiger partial charge < -0.3 is 14.8 Å². The van der Waals surface area contributed by atoms with E-state index in [1.807, 2.05) is 30.3 Å². The van der Waals surface area contributed by atoms with Crippen molar-refractivity contribution in [3.8, 4) is 22.1 Å². The van der Waals surface area contributed by atoms with Crippen molar-refractivity contribution < 1.29 is 14.3 Å². The van der Waals surface area contributed by atoms with E-state index < -0.39 is 0 Å². The first-order valence-corrected chi connectivity index (χ1v) is 9.33. The lowest BCUT2D eigenvalue weighted by atomic mass is 10.1. The molecule has 0 fully saturated rings. The Morgan fingerprint density at radius 3 is 2.54 bits per heavy atom. The molecule has 6 nitrogen and oxygen atoms in total. The summed E-state index contributed by atoms with van der Waals surface area (Å²) in [5.41, 5.74) is 2.93. The van der Waals surface area contributed by atoms with Crippen molar-refractivity contribution in [2.45, 2.75) is 0 Å². The van der Waals surface area contributed by atoms with Crippen molar-refractivity contribution in [1.82, 2.24) is 9.97 Å². The number of methoxy groups -OCH3 is 2. The number of nitrogens with one attached hydrogen (secondary N) is 1. The molecule has 0 unspecified atom stereocenters. The molecule has 2 aromatic carbocycles. The minimum atomic E-state index is -0.247. The minimum Gasteiger partial charge on any atom is -0.497 e. The Hall–Kier alpha value is -3.45. The van der Waals surface area contributed by atoms with Crippen molar-refractivity contribution in [3.05, 3.63) is 66.5 Å². The van der Waals surface area contributed by atoms with E-state index in [2.05, 4.69) is 15.3 Å². The first kappa shape index (κ1) is 17.9. The summed E-state index contributed by atoms with van der Waals surface area (Å²) in [7, 11) is 3.10. The number of thiazole rings is 1. The second-order valence-corrected chi connectivity index (χ2v) is 7.03. The maximum absolute atomic E-state index is 12.7. The first-order valence-electron chi connectivity index (χ1n) is 8.51. The average molecular weight is 391 g/mol. The molecule has 7 heteroatoms. The topological polar surface area (TPSA) is 73.3 Å². The molecular formula is C21H17N3O3S. The van der Waals surface area contributed by atoms with Crippen LogP contribution in [0.15, 0.2) is 60.9 Å². The van der Waals surface area contributed by atoms with Crippen LogP contribution in [-0.2, 0) is 0 Å². The fourth-order valence-electron chi connectivity index (χ4n) is 2.78. The summed E-state index contributed by atoms with van der Waals surface area (Å²) in [5.74, 6) is 0.866. The van der Waals surface area contributed by atoms with Crippen LogP contribution in [0.3, 0.4) is 0 Å². The standard InChI is InChI=1S/C21H17N3O3S/c1-26-16-9-14(10-17(11-16)27-2)20(25)23-15-5-3-4-13(8-15)21-24-18-12-22-7-6-19(18)28-21/h3-12H,1-2H3,(H,23,25). The number of hydrogen-bond acceptors (Lipinski definition) is 6. The average Bonchev–Trinajstić information content (AvgIpc) is 3.18. The number of amides is 1. The van der Waals surface area contributed by atoms with Crippen molar-refractivity contribution in [1.29, 1.82) is 0 Å². The second kappa shape index (κ2) is 7.66. The maximum atomic E-state index is 12.7. The number of carbonyl (C=O) groups excluding carboxylic acids is 1. The summed E-state index contributed by atoms with van der Waals surface area (Å²) >= 11 is 1.59. The van der Waals surface area contributed by atoms with Crippen molar-refractivity contribution in [3.63, 3.8) is 0 Å². The van der Waals surface area contributed by atoms with Crippen LogP contribution in [0.1, 0.15) is 10.4 Å². The smallest absolute Gasteiger partial charge is 0.255 e. The summed E-state index contributed by atoms with van der Waals surface area (Å²) in [6, 6.07) is 14.6. The van der Waals surface area contributed by atoms with E-state index in [1.54, 1.807) is 56.1 Å². The number of ether oxygens (including phenoxy) is 2. The molecule has 0 aliphatic carbocycles. The lowest BCUT2D eigenvalue weighted by Crippen LogP contribution is -2.12. The van der Waals surface area contributed by atoms with Gasteiger partial charge in [-0.2, -0.15) is 0 Å². The van der Waals surface area contributed by atoms with Crippen LogP contribution in [0.5, 0.6) is 11.5 Å². The van der Waals surface area contributed by atoms with Crippen molar-refractivity contribution in [2.24, 2.45) is 0 Å². The first-order chi connectivity index (χ1) is 13.7. The molecule has 0 spiro atoms. The lowest BCUT2D eigenvalue weighted by Gasteiger charge is -2.10. The van der Waals surface area contributed by atoms with Gasteiger partial charge in [-0.05, 0) is 30.3 Å². The van der Waals surface area contributed by atoms with Crippen LogP contribution < -0.4 is 14.8 Å². The Balaban J connectivity index is 1.60. The van der Waals surface area contributed by atoms with Gasteiger partial charge in [0, 0.05) is 29.1 Å². The van der Waals surface area contributed by atoms with Crippen LogP contribution in [0, 0.1) is 0 Å². The fourth-order valence-corrected chi connectivity index (χ4v) is 3.70. The van der Waals surface area contributed by atoms with Crippen molar-refractivity contribution in [2.75, 3.05) is 19.5 Å². The third-order valence-corrected chi connectivity index (χ3v) is 5.26. The van der Waals surface area contributed by atoms with E-state index in [-0.39, 0.29) is 5.91 Å². The van der Waals surface area contributed by atoms with Crippen LogP contribution >= 0.6 is 11.3 Å². The van der Waals surface area contributed by atoms with E-state index in [9.17, 15) is 4.79 Å². The molecule has 0 atom stereocenters. The fraction of sp³-hybridized carbons (Fsp3) is 0.0952. The summed E-state index contributed by atoms with van der Waals surface area (Å²) in [6.07, 6.45) is 3.50. The molecular weight excluding hydrogens is 374 g/mol. The van der Waals surface area contributed by atoms with Gasteiger partial charge in [-0.3, -0.25) is 9.78 Å². The van der Waals surface area contributed by atoms with Gasteiger partial charge in [-0.25, -0.2) is 4.98 Å². The molecule has 0 radical (unpaired) electrons. The van der Waals surface area contributed by atoms with Crippen LogP contribution in [0.25, 0.3) is 20.8 Å². The van der Waals surface area contributed by atoms with E-state index in [4.69, 9.17) is 9.47 Å². The molecule has 4 aromatic rings. The van der Waals surface area contributed by atoms with Crippen molar-refractivity contribution >= 4 is 33.1 Å². The van der Waals surface area contributed by atoms with Crippen LogP contribution in [0.2, 0.25) is 0 Å². The lowest BCUT2D eigenvalue weighted by molar-refractivity contribution is 0.102. The highest BCUT2D eigenvalue weighted by Gasteiger charge is 2.12. The monoisotopic (exact) mass is 391 g/mol. The third-order valence-electron chi connectivity index (χ3n) is 4.17. The molecule has 1 amide bonds. The van der Waals surface area contributed by atoms with E-state index in [0.717, 1.165) is 20.8 Å². The van der Waals surface area contributed by atoms with Gasteiger partial charge in [-0.15, -0.1) is 11.3 Å². The molecule has 140 valence electrons. The van der Waals surface area contributed by atoms with E-state index in [0.29, 0.717) is 22.7 Å². The molecule has 0 saturated carbocycles. The minimum absolute atomic E-state index is 0.247. The van der Waals surface area contributed by atoms with Gasteiger partial charge in [0.25, 0.3) is 5.91 Å². The molecule has 0 aliphatic heterocycles. The van der Waals surface area contributed by atoms with Gasteiger partial charge in [0.1, 0.15) is 22.0 Å². The largest absolute Gasteiger partial charge is 0.497 e. The zero-order chi connectivity index (χ0) is 19.5. The van der Waals surface area contributed by atoms with Gasteiger partial charge in [0.15, 0.2) is 0 Å². The number of aromatic nitrogens is 2.